The first-order valence-corrected chi connectivity index (χ1v) is 9.96. The number of halogens is 1. The second kappa shape index (κ2) is 8.81. The summed E-state index contributed by atoms with van der Waals surface area (Å²) in [5, 5.41) is 11.0. The lowest BCUT2D eigenvalue weighted by molar-refractivity contribution is 0.104. The third-order valence-electron chi connectivity index (χ3n) is 4.89. The molecule has 1 N–H and O–H groups in total. The molecule has 0 heterocycles. The summed E-state index contributed by atoms with van der Waals surface area (Å²) in [6, 6.07) is 29.8. The van der Waals surface area contributed by atoms with Gasteiger partial charge in [0.25, 0.3) is 0 Å². The van der Waals surface area contributed by atoms with Crippen LogP contribution in [0.2, 0.25) is 5.02 Å². The number of allylic oxidation sites excluding steroid dienone is 1. The van der Waals surface area contributed by atoms with Crippen molar-refractivity contribution in [2.24, 2.45) is 0 Å². The molecule has 0 aromatic heterocycles. The number of carbonyl (C=O) groups excluding carboxylic acids is 1. The molecule has 0 saturated carbocycles. The minimum atomic E-state index is -0.0559. The zero-order valence-electron chi connectivity index (χ0n) is 16.1. The largest absolute Gasteiger partial charge is 0.507 e. The van der Waals surface area contributed by atoms with Crippen LogP contribution in [0.25, 0.3) is 28.3 Å². The SMILES string of the molecule is O=C(C=Cc1ccc(-c2ccccc2O)c(-c2ccccc2Cl)c1)c1ccccc1. The lowest BCUT2D eigenvalue weighted by atomic mass is 9.92. The molecule has 0 aliphatic rings. The molecule has 0 saturated heterocycles. The van der Waals surface area contributed by atoms with Gasteiger partial charge in [0, 0.05) is 21.7 Å². The van der Waals surface area contributed by atoms with Crippen LogP contribution in [0.5, 0.6) is 5.75 Å². The van der Waals surface area contributed by atoms with Crippen molar-refractivity contribution >= 4 is 23.5 Å². The summed E-state index contributed by atoms with van der Waals surface area (Å²) < 4.78 is 0. The third kappa shape index (κ3) is 4.19. The van der Waals surface area contributed by atoms with Crippen LogP contribution in [0.3, 0.4) is 0 Å². The number of carbonyl (C=O) groups is 1. The van der Waals surface area contributed by atoms with Gasteiger partial charge in [-0.2, -0.15) is 0 Å². The van der Waals surface area contributed by atoms with E-state index in [9.17, 15) is 9.90 Å². The van der Waals surface area contributed by atoms with Gasteiger partial charge in [-0.05, 0) is 41.0 Å². The van der Waals surface area contributed by atoms with Crippen LogP contribution >= 0.6 is 11.6 Å². The van der Waals surface area contributed by atoms with E-state index in [0.29, 0.717) is 10.6 Å². The van der Waals surface area contributed by atoms with Crippen molar-refractivity contribution in [1.29, 1.82) is 0 Å². The van der Waals surface area contributed by atoms with Crippen molar-refractivity contribution in [3.63, 3.8) is 0 Å². The molecule has 4 aromatic carbocycles. The van der Waals surface area contributed by atoms with E-state index in [1.807, 2.05) is 72.8 Å². The Morgan fingerprint density at radius 2 is 1.37 bits per heavy atom. The van der Waals surface area contributed by atoms with Crippen molar-refractivity contribution in [3.05, 3.63) is 119 Å². The number of aromatic hydroxyl groups is 1. The zero-order valence-corrected chi connectivity index (χ0v) is 16.9. The Morgan fingerprint density at radius 3 is 2.10 bits per heavy atom. The third-order valence-corrected chi connectivity index (χ3v) is 5.22. The van der Waals surface area contributed by atoms with Gasteiger partial charge in [-0.3, -0.25) is 4.79 Å². The van der Waals surface area contributed by atoms with E-state index in [0.717, 1.165) is 27.8 Å². The standard InChI is InChI=1S/C27H19ClO2/c28-25-12-6-4-10-22(25)24-18-19(15-17-26(29)20-8-2-1-3-9-20)14-16-21(24)23-11-5-7-13-27(23)30/h1-18,30H. The minimum Gasteiger partial charge on any atom is -0.507 e. The average Bonchev–Trinajstić information content (AvgIpc) is 2.79. The Kier molecular flexibility index (Phi) is 5.78. The number of benzene rings is 4. The van der Waals surface area contributed by atoms with Crippen molar-refractivity contribution in [2.75, 3.05) is 0 Å². The normalized spacial score (nSPS) is 11.0. The summed E-state index contributed by atoms with van der Waals surface area (Å²) >= 11 is 6.48. The second-order valence-corrected chi connectivity index (χ2v) is 7.27. The molecule has 4 aromatic rings. The lowest BCUT2D eigenvalue weighted by Gasteiger charge is -2.14. The van der Waals surface area contributed by atoms with Crippen molar-refractivity contribution in [3.8, 4) is 28.0 Å². The summed E-state index contributed by atoms with van der Waals surface area (Å²) in [7, 11) is 0. The highest BCUT2D eigenvalue weighted by atomic mass is 35.5. The molecule has 3 heteroatoms. The topological polar surface area (TPSA) is 37.3 Å². The molecule has 0 unspecified atom stereocenters. The fraction of sp³-hybridized carbons (Fsp3) is 0. The lowest BCUT2D eigenvalue weighted by Crippen LogP contribution is -1.93. The first kappa shape index (κ1) is 19.7. The Morgan fingerprint density at radius 1 is 0.700 bits per heavy atom. The number of rotatable bonds is 5. The monoisotopic (exact) mass is 410 g/mol. The molecule has 0 aliphatic heterocycles. The summed E-state index contributed by atoms with van der Waals surface area (Å²) in [5.74, 6) is 0.146. The van der Waals surface area contributed by atoms with Gasteiger partial charge in [0.15, 0.2) is 5.78 Å². The van der Waals surface area contributed by atoms with Crippen molar-refractivity contribution in [2.45, 2.75) is 0 Å². The van der Waals surface area contributed by atoms with Gasteiger partial charge in [-0.1, -0.05) is 96.5 Å². The molecule has 0 amide bonds. The number of ketones is 1. The molecule has 0 bridgehead atoms. The quantitative estimate of drug-likeness (QED) is 0.277. The molecule has 146 valence electrons. The molecule has 0 aliphatic carbocycles. The van der Waals surface area contributed by atoms with Gasteiger partial charge in [-0.15, -0.1) is 0 Å². The molecule has 30 heavy (non-hydrogen) atoms. The number of hydrogen-bond acceptors (Lipinski definition) is 2. The minimum absolute atomic E-state index is 0.0559. The van der Waals surface area contributed by atoms with Gasteiger partial charge < -0.3 is 5.11 Å². The van der Waals surface area contributed by atoms with E-state index >= 15 is 0 Å². The Labute approximate surface area is 180 Å². The molecule has 2 nitrogen and oxygen atoms in total. The van der Waals surface area contributed by atoms with Gasteiger partial charge in [0.05, 0.1) is 0 Å². The van der Waals surface area contributed by atoms with E-state index < -0.39 is 0 Å². The fourth-order valence-electron chi connectivity index (χ4n) is 3.37. The van der Waals surface area contributed by atoms with E-state index in [-0.39, 0.29) is 11.5 Å². The first-order valence-electron chi connectivity index (χ1n) is 9.58. The van der Waals surface area contributed by atoms with Gasteiger partial charge in [-0.25, -0.2) is 0 Å². The Bertz CT molecular complexity index is 1230. The van der Waals surface area contributed by atoms with E-state index in [4.69, 9.17) is 11.6 Å². The number of para-hydroxylation sites is 1. The summed E-state index contributed by atoms with van der Waals surface area (Å²) in [6.07, 6.45) is 3.37. The van der Waals surface area contributed by atoms with Crippen LogP contribution in [0.4, 0.5) is 0 Å². The Balaban J connectivity index is 1.79. The second-order valence-electron chi connectivity index (χ2n) is 6.87. The zero-order chi connectivity index (χ0) is 20.9. The van der Waals surface area contributed by atoms with E-state index in [2.05, 4.69) is 0 Å². The highest BCUT2D eigenvalue weighted by Gasteiger charge is 2.13. The van der Waals surface area contributed by atoms with Crippen molar-refractivity contribution < 1.29 is 9.90 Å². The first-order chi connectivity index (χ1) is 14.6. The van der Waals surface area contributed by atoms with Gasteiger partial charge >= 0.3 is 0 Å². The maximum atomic E-state index is 12.4. The van der Waals surface area contributed by atoms with E-state index in [1.54, 1.807) is 36.4 Å². The molecule has 0 atom stereocenters. The number of phenolic OH excluding ortho intramolecular Hbond substituents is 1. The smallest absolute Gasteiger partial charge is 0.185 e. The van der Waals surface area contributed by atoms with Gasteiger partial charge in [0.1, 0.15) is 5.75 Å². The predicted molar refractivity (Wildman–Crippen MR) is 124 cm³/mol. The molecular weight excluding hydrogens is 392 g/mol. The van der Waals surface area contributed by atoms with Crippen LogP contribution in [0.15, 0.2) is 103 Å². The van der Waals surface area contributed by atoms with E-state index in [1.165, 1.54) is 0 Å². The van der Waals surface area contributed by atoms with Crippen molar-refractivity contribution in [1.82, 2.24) is 0 Å². The highest BCUT2D eigenvalue weighted by Crippen LogP contribution is 2.39. The van der Waals surface area contributed by atoms with Gasteiger partial charge in [0.2, 0.25) is 0 Å². The summed E-state index contributed by atoms with van der Waals surface area (Å²) in [6.45, 7) is 0. The number of hydrogen-bond donors (Lipinski definition) is 1. The van der Waals surface area contributed by atoms with Crippen LogP contribution in [0, 0.1) is 0 Å². The molecule has 0 radical (unpaired) electrons. The maximum Gasteiger partial charge on any atom is 0.185 e. The van der Waals surface area contributed by atoms with Crippen LogP contribution in [-0.2, 0) is 0 Å². The molecular formula is C27H19ClO2. The van der Waals surface area contributed by atoms with Crippen LogP contribution in [-0.4, -0.2) is 10.9 Å². The molecule has 0 spiro atoms. The number of phenols is 1. The average molecular weight is 411 g/mol. The molecule has 4 rings (SSSR count). The molecule has 0 fully saturated rings. The van der Waals surface area contributed by atoms with Crippen LogP contribution in [0.1, 0.15) is 15.9 Å². The fourth-order valence-corrected chi connectivity index (χ4v) is 3.61. The Hall–Kier alpha value is -3.62. The highest BCUT2D eigenvalue weighted by molar-refractivity contribution is 6.33. The predicted octanol–water partition coefficient (Wildman–Crippen LogP) is 7.28. The summed E-state index contributed by atoms with van der Waals surface area (Å²) in [5.41, 5.74) is 4.86. The summed E-state index contributed by atoms with van der Waals surface area (Å²) in [4.78, 5) is 12.4. The maximum absolute atomic E-state index is 12.4. The van der Waals surface area contributed by atoms with Crippen LogP contribution < -0.4 is 0 Å².